The van der Waals surface area contributed by atoms with Crippen molar-refractivity contribution in [2.45, 2.75) is 51.2 Å². The normalized spacial score (nSPS) is 18.0. The van der Waals surface area contributed by atoms with Gasteiger partial charge in [-0.15, -0.1) is 0 Å². The van der Waals surface area contributed by atoms with Gasteiger partial charge in [-0.3, -0.25) is 0 Å². The number of anilines is 1. The van der Waals surface area contributed by atoms with Crippen LogP contribution >= 0.6 is 34.7 Å². The summed E-state index contributed by atoms with van der Waals surface area (Å²) in [6.07, 6.45) is 2.17. The van der Waals surface area contributed by atoms with Crippen molar-refractivity contribution in [3.63, 3.8) is 0 Å². The third-order valence-corrected chi connectivity index (χ3v) is 9.45. The first-order valence-corrected chi connectivity index (χ1v) is 14.9. The molecule has 6 rings (SSSR count). The molecule has 2 aromatic heterocycles. The first kappa shape index (κ1) is 25.8. The molecule has 0 aliphatic carbocycles. The molecule has 200 valence electrons. The van der Waals surface area contributed by atoms with Crippen molar-refractivity contribution in [1.82, 2.24) is 13.6 Å². The van der Waals surface area contributed by atoms with Gasteiger partial charge >= 0.3 is 6.09 Å². The quantitative estimate of drug-likeness (QED) is 0.271. The molecule has 0 atom stereocenters. The van der Waals surface area contributed by atoms with Gasteiger partial charge in [0.05, 0.1) is 21.6 Å². The van der Waals surface area contributed by atoms with Crippen molar-refractivity contribution in [1.29, 1.82) is 0 Å². The minimum Gasteiger partial charge on any atom is -0.444 e. The van der Waals surface area contributed by atoms with Crippen molar-refractivity contribution >= 4 is 66.7 Å². The monoisotopic (exact) mass is 570 g/mol. The SMILES string of the molecule is CC(C)(C)OC(=O)N1CCC2(CC1)CN(c1nsc3c(Cc4ccc5c(Cl)nsc5c4)cccc13)CCO2. The van der Waals surface area contributed by atoms with E-state index in [1.165, 1.54) is 32.7 Å². The lowest BCUT2D eigenvalue weighted by Crippen LogP contribution is -2.58. The summed E-state index contributed by atoms with van der Waals surface area (Å²) in [5.74, 6) is 1.04. The molecule has 2 aromatic carbocycles. The lowest BCUT2D eigenvalue weighted by Gasteiger charge is -2.47. The first-order valence-electron chi connectivity index (χ1n) is 13.0. The fourth-order valence-electron chi connectivity index (χ4n) is 5.41. The Kier molecular flexibility index (Phi) is 6.74. The Morgan fingerprint density at radius 1 is 1.11 bits per heavy atom. The van der Waals surface area contributed by atoms with Crippen LogP contribution in [-0.4, -0.2) is 63.7 Å². The molecule has 4 aromatic rings. The summed E-state index contributed by atoms with van der Waals surface area (Å²) in [7, 11) is 0. The van der Waals surface area contributed by atoms with Crippen molar-refractivity contribution in [2.24, 2.45) is 0 Å². The minimum atomic E-state index is -0.490. The van der Waals surface area contributed by atoms with Crippen LogP contribution in [0.3, 0.4) is 0 Å². The van der Waals surface area contributed by atoms with Gasteiger partial charge in [0.25, 0.3) is 0 Å². The molecule has 0 unspecified atom stereocenters. The number of halogens is 1. The summed E-state index contributed by atoms with van der Waals surface area (Å²) in [5, 5.41) is 2.78. The topological polar surface area (TPSA) is 67.8 Å². The number of nitrogens with zero attached hydrogens (tertiary/aromatic N) is 4. The predicted molar refractivity (Wildman–Crippen MR) is 155 cm³/mol. The van der Waals surface area contributed by atoms with Crippen molar-refractivity contribution in [2.75, 3.05) is 37.7 Å². The highest BCUT2D eigenvalue weighted by Gasteiger charge is 2.42. The minimum absolute atomic E-state index is 0.240. The Balaban J connectivity index is 1.18. The van der Waals surface area contributed by atoms with Gasteiger partial charge in [-0.2, -0.15) is 8.75 Å². The van der Waals surface area contributed by atoms with Gasteiger partial charge in [0.15, 0.2) is 5.15 Å². The van der Waals surface area contributed by atoms with Gasteiger partial charge in [-0.05, 0) is 86.4 Å². The Hall–Kier alpha value is -2.46. The molecule has 2 aliphatic rings. The van der Waals surface area contributed by atoms with Crippen LogP contribution in [-0.2, 0) is 15.9 Å². The molecule has 0 saturated carbocycles. The molecule has 1 spiro atoms. The number of morpholine rings is 1. The number of likely N-dealkylation sites (tertiary alicyclic amines) is 1. The maximum absolute atomic E-state index is 12.5. The van der Waals surface area contributed by atoms with Crippen LogP contribution in [0.5, 0.6) is 0 Å². The summed E-state index contributed by atoms with van der Waals surface area (Å²) in [6.45, 7) is 9.22. The number of carbonyl (C=O) groups excluding carboxylic acids is 1. The average Bonchev–Trinajstić information content (AvgIpc) is 3.48. The number of hydrogen-bond acceptors (Lipinski definition) is 8. The first-order chi connectivity index (χ1) is 18.2. The number of carbonyl (C=O) groups is 1. The Morgan fingerprint density at radius 3 is 2.71 bits per heavy atom. The molecular weight excluding hydrogens is 540 g/mol. The summed E-state index contributed by atoms with van der Waals surface area (Å²) in [5.41, 5.74) is 1.75. The highest BCUT2D eigenvalue weighted by atomic mass is 35.5. The maximum Gasteiger partial charge on any atom is 0.410 e. The van der Waals surface area contributed by atoms with Crippen LogP contribution in [0.1, 0.15) is 44.7 Å². The van der Waals surface area contributed by atoms with Crippen LogP contribution < -0.4 is 4.90 Å². The Morgan fingerprint density at radius 2 is 1.92 bits per heavy atom. The van der Waals surface area contributed by atoms with E-state index >= 15 is 0 Å². The molecule has 10 heteroatoms. The summed E-state index contributed by atoms with van der Waals surface area (Å²) < 4.78 is 23.5. The fourth-order valence-corrected chi connectivity index (χ4v) is 7.38. The van der Waals surface area contributed by atoms with E-state index in [0.717, 1.165) is 48.3 Å². The lowest BCUT2D eigenvalue weighted by atomic mass is 9.89. The lowest BCUT2D eigenvalue weighted by molar-refractivity contribution is -0.0913. The number of piperidine rings is 1. The van der Waals surface area contributed by atoms with Gasteiger partial charge < -0.3 is 19.3 Å². The summed E-state index contributed by atoms with van der Waals surface area (Å²) >= 11 is 9.21. The molecule has 2 fully saturated rings. The average molecular weight is 571 g/mol. The number of benzene rings is 2. The standard InChI is InChI=1S/C28H31ClN4O3S2/c1-27(2,3)36-26(34)32-11-9-28(10-12-32)17-33(13-14-35-28)25-21-6-4-5-19(23(21)38-31-25)15-18-7-8-20-22(16-18)37-30-24(20)29/h4-8,16H,9-15,17H2,1-3H3. The molecule has 4 heterocycles. The van der Waals surface area contributed by atoms with Crippen molar-refractivity contribution in [3.8, 4) is 0 Å². The molecule has 2 aliphatic heterocycles. The molecular formula is C28H31ClN4O3S2. The van der Waals surface area contributed by atoms with E-state index in [0.29, 0.717) is 24.8 Å². The van der Waals surface area contributed by atoms with Gasteiger partial charge in [-0.25, -0.2) is 4.79 Å². The number of rotatable bonds is 3. The predicted octanol–water partition coefficient (Wildman–Crippen LogP) is 6.76. The number of amides is 1. The van der Waals surface area contributed by atoms with E-state index in [1.807, 2.05) is 20.8 Å². The van der Waals surface area contributed by atoms with E-state index in [-0.39, 0.29) is 11.7 Å². The molecule has 0 bridgehead atoms. The fraction of sp³-hybridized carbons (Fsp3) is 0.464. The largest absolute Gasteiger partial charge is 0.444 e. The van der Waals surface area contributed by atoms with Crippen LogP contribution in [0.15, 0.2) is 36.4 Å². The number of fused-ring (bicyclic) bond motifs is 2. The Bertz CT molecular complexity index is 1490. The van der Waals surface area contributed by atoms with Crippen LogP contribution in [0.2, 0.25) is 5.15 Å². The van der Waals surface area contributed by atoms with E-state index in [9.17, 15) is 4.79 Å². The van der Waals surface area contributed by atoms with Gasteiger partial charge in [0.1, 0.15) is 11.4 Å². The highest BCUT2D eigenvalue weighted by molar-refractivity contribution is 7.14. The van der Waals surface area contributed by atoms with E-state index < -0.39 is 5.60 Å². The zero-order valence-corrected chi connectivity index (χ0v) is 24.2. The summed E-state index contributed by atoms with van der Waals surface area (Å²) in [6, 6.07) is 12.9. The van der Waals surface area contributed by atoms with Crippen molar-refractivity contribution < 1.29 is 14.3 Å². The van der Waals surface area contributed by atoms with E-state index in [4.69, 9.17) is 25.4 Å². The zero-order chi connectivity index (χ0) is 26.5. The van der Waals surface area contributed by atoms with Crippen molar-refractivity contribution in [3.05, 3.63) is 52.7 Å². The number of hydrogen-bond donors (Lipinski definition) is 0. The van der Waals surface area contributed by atoms with Crippen LogP contribution in [0.25, 0.3) is 20.2 Å². The van der Waals surface area contributed by atoms with E-state index in [1.54, 1.807) is 16.4 Å². The van der Waals surface area contributed by atoms with E-state index in [2.05, 4.69) is 45.7 Å². The van der Waals surface area contributed by atoms with Gasteiger partial charge in [0, 0.05) is 37.0 Å². The third-order valence-electron chi connectivity index (χ3n) is 7.32. The molecule has 7 nitrogen and oxygen atoms in total. The molecule has 0 N–H and O–H groups in total. The molecule has 2 saturated heterocycles. The maximum atomic E-state index is 12.5. The van der Waals surface area contributed by atoms with Crippen LogP contribution in [0, 0.1) is 0 Å². The second-order valence-corrected chi connectivity index (χ2v) is 13.1. The Labute approximate surface area is 235 Å². The molecule has 38 heavy (non-hydrogen) atoms. The second-order valence-electron chi connectivity index (χ2n) is 11.2. The van der Waals surface area contributed by atoms with Gasteiger partial charge in [0.2, 0.25) is 0 Å². The highest BCUT2D eigenvalue weighted by Crippen LogP contribution is 2.38. The summed E-state index contributed by atoms with van der Waals surface area (Å²) in [4.78, 5) is 16.7. The third kappa shape index (κ3) is 5.09. The number of aromatic nitrogens is 2. The van der Waals surface area contributed by atoms with Crippen LogP contribution in [0.4, 0.5) is 10.6 Å². The molecule has 1 amide bonds. The molecule has 0 radical (unpaired) electrons. The second kappa shape index (κ2) is 9.93. The zero-order valence-electron chi connectivity index (χ0n) is 21.8. The van der Waals surface area contributed by atoms with Gasteiger partial charge in [-0.1, -0.05) is 35.9 Å². The number of ether oxygens (including phenoxy) is 2. The smallest absolute Gasteiger partial charge is 0.410 e.